The molecule has 0 saturated carbocycles. The highest BCUT2D eigenvalue weighted by molar-refractivity contribution is 6.32. The highest BCUT2D eigenvalue weighted by Crippen LogP contribution is 2.36. The SMILES string of the molecule is CCOc1c(Cl)cc(C(=O)Nc2ccnn2Cc2ccc(Cl)cc2)cc1OC. The molecule has 3 rings (SSSR count). The Balaban J connectivity index is 1.79. The van der Waals surface area contributed by atoms with Crippen LogP contribution in [0.4, 0.5) is 5.82 Å². The topological polar surface area (TPSA) is 65.4 Å². The maximum Gasteiger partial charge on any atom is 0.257 e. The number of halogens is 2. The van der Waals surface area contributed by atoms with Gasteiger partial charge in [0, 0.05) is 16.7 Å². The number of nitrogens with zero attached hydrogens (tertiary/aromatic N) is 2. The van der Waals surface area contributed by atoms with Gasteiger partial charge in [-0.3, -0.25) is 4.79 Å². The van der Waals surface area contributed by atoms with Gasteiger partial charge in [-0.25, -0.2) is 4.68 Å². The summed E-state index contributed by atoms with van der Waals surface area (Å²) >= 11 is 12.2. The van der Waals surface area contributed by atoms with Crippen molar-refractivity contribution in [2.75, 3.05) is 19.0 Å². The third-order valence-corrected chi connectivity index (χ3v) is 4.52. The molecule has 146 valence electrons. The Labute approximate surface area is 173 Å². The van der Waals surface area contributed by atoms with Gasteiger partial charge in [0.1, 0.15) is 5.82 Å². The smallest absolute Gasteiger partial charge is 0.257 e. The van der Waals surface area contributed by atoms with Crippen LogP contribution in [0.15, 0.2) is 48.7 Å². The number of anilines is 1. The van der Waals surface area contributed by atoms with Crippen LogP contribution in [0.2, 0.25) is 10.0 Å². The minimum Gasteiger partial charge on any atom is -0.493 e. The van der Waals surface area contributed by atoms with Crippen molar-refractivity contribution in [2.24, 2.45) is 0 Å². The van der Waals surface area contributed by atoms with E-state index >= 15 is 0 Å². The fourth-order valence-electron chi connectivity index (χ4n) is 2.65. The number of nitrogens with one attached hydrogen (secondary N) is 1. The van der Waals surface area contributed by atoms with Gasteiger partial charge in [0.25, 0.3) is 5.91 Å². The molecule has 0 bridgehead atoms. The lowest BCUT2D eigenvalue weighted by Gasteiger charge is -2.14. The van der Waals surface area contributed by atoms with Gasteiger partial charge >= 0.3 is 0 Å². The zero-order valence-corrected chi connectivity index (χ0v) is 16.9. The monoisotopic (exact) mass is 419 g/mol. The fourth-order valence-corrected chi connectivity index (χ4v) is 3.04. The Morgan fingerprint density at radius 3 is 2.61 bits per heavy atom. The van der Waals surface area contributed by atoms with E-state index in [4.69, 9.17) is 32.7 Å². The predicted molar refractivity (Wildman–Crippen MR) is 110 cm³/mol. The normalized spacial score (nSPS) is 10.6. The molecule has 3 aromatic rings. The van der Waals surface area contributed by atoms with Gasteiger partial charge in [0.2, 0.25) is 0 Å². The fraction of sp³-hybridized carbons (Fsp3) is 0.200. The molecule has 2 aromatic carbocycles. The molecule has 6 nitrogen and oxygen atoms in total. The van der Waals surface area contributed by atoms with Crippen molar-refractivity contribution in [3.05, 3.63) is 69.8 Å². The van der Waals surface area contributed by atoms with Gasteiger partial charge in [-0.05, 0) is 36.8 Å². The summed E-state index contributed by atoms with van der Waals surface area (Å²) < 4.78 is 12.5. The molecule has 8 heteroatoms. The summed E-state index contributed by atoms with van der Waals surface area (Å²) in [5.74, 6) is 1.04. The molecule has 0 unspecified atom stereocenters. The van der Waals surface area contributed by atoms with Gasteiger partial charge in [0.05, 0.1) is 31.5 Å². The Bertz CT molecular complexity index is 971. The third-order valence-electron chi connectivity index (χ3n) is 3.98. The lowest BCUT2D eigenvalue weighted by Crippen LogP contribution is -2.16. The second kappa shape index (κ2) is 8.99. The number of methoxy groups -OCH3 is 1. The summed E-state index contributed by atoms with van der Waals surface area (Å²) in [6, 6.07) is 12.3. The third kappa shape index (κ3) is 4.58. The molecule has 0 radical (unpaired) electrons. The first-order valence-corrected chi connectivity index (χ1v) is 9.35. The molecular formula is C20H19Cl2N3O3. The van der Waals surface area contributed by atoms with Crippen molar-refractivity contribution in [1.82, 2.24) is 9.78 Å². The van der Waals surface area contributed by atoms with Crippen LogP contribution in [0.1, 0.15) is 22.8 Å². The van der Waals surface area contributed by atoms with Crippen molar-refractivity contribution in [2.45, 2.75) is 13.5 Å². The van der Waals surface area contributed by atoms with Crippen LogP contribution in [0.3, 0.4) is 0 Å². The Hall–Kier alpha value is -2.70. The molecule has 28 heavy (non-hydrogen) atoms. The number of amides is 1. The first-order chi connectivity index (χ1) is 13.5. The lowest BCUT2D eigenvalue weighted by molar-refractivity contribution is 0.102. The molecule has 0 fully saturated rings. The second-order valence-electron chi connectivity index (χ2n) is 5.88. The number of hydrogen-bond acceptors (Lipinski definition) is 4. The average Bonchev–Trinajstić information content (AvgIpc) is 3.11. The number of rotatable bonds is 7. The molecule has 1 amide bonds. The summed E-state index contributed by atoms with van der Waals surface area (Å²) in [5.41, 5.74) is 1.36. The number of carbonyl (C=O) groups is 1. The predicted octanol–water partition coefficient (Wildman–Crippen LogP) is 4.90. The van der Waals surface area contributed by atoms with Crippen molar-refractivity contribution < 1.29 is 14.3 Å². The highest BCUT2D eigenvalue weighted by atomic mass is 35.5. The van der Waals surface area contributed by atoms with Crippen molar-refractivity contribution >= 4 is 34.9 Å². The molecule has 1 aromatic heterocycles. The summed E-state index contributed by atoms with van der Waals surface area (Å²) in [4.78, 5) is 12.7. The van der Waals surface area contributed by atoms with Gasteiger partial charge < -0.3 is 14.8 Å². The highest BCUT2D eigenvalue weighted by Gasteiger charge is 2.17. The molecule has 0 aliphatic rings. The molecule has 0 saturated heterocycles. The Kier molecular flexibility index (Phi) is 6.44. The van der Waals surface area contributed by atoms with E-state index in [1.54, 1.807) is 29.1 Å². The largest absolute Gasteiger partial charge is 0.493 e. The number of hydrogen-bond donors (Lipinski definition) is 1. The Morgan fingerprint density at radius 2 is 1.93 bits per heavy atom. The van der Waals surface area contributed by atoms with E-state index < -0.39 is 0 Å². The van der Waals surface area contributed by atoms with E-state index in [9.17, 15) is 4.79 Å². The second-order valence-corrected chi connectivity index (χ2v) is 6.72. The summed E-state index contributed by atoms with van der Waals surface area (Å²) in [5, 5.41) is 8.09. The Morgan fingerprint density at radius 1 is 1.18 bits per heavy atom. The van der Waals surface area contributed by atoms with Crippen LogP contribution >= 0.6 is 23.2 Å². The van der Waals surface area contributed by atoms with Crippen LogP contribution in [0, 0.1) is 0 Å². The zero-order chi connectivity index (χ0) is 20.1. The first-order valence-electron chi connectivity index (χ1n) is 8.59. The van der Waals surface area contributed by atoms with Crippen LogP contribution in [0.25, 0.3) is 0 Å². The average molecular weight is 420 g/mol. The number of aromatic nitrogens is 2. The van der Waals surface area contributed by atoms with Gasteiger partial charge in [-0.2, -0.15) is 5.10 Å². The van der Waals surface area contributed by atoms with Crippen LogP contribution in [0.5, 0.6) is 11.5 Å². The van der Waals surface area contributed by atoms with E-state index in [1.165, 1.54) is 7.11 Å². The minimum absolute atomic E-state index is 0.307. The van der Waals surface area contributed by atoms with Gasteiger partial charge in [0.15, 0.2) is 11.5 Å². The molecule has 0 aliphatic heterocycles. The van der Waals surface area contributed by atoms with Crippen molar-refractivity contribution in [3.8, 4) is 11.5 Å². The molecule has 0 aliphatic carbocycles. The first kappa shape index (κ1) is 20.0. The number of carbonyl (C=O) groups excluding carboxylic acids is 1. The summed E-state index contributed by atoms with van der Waals surface area (Å²) in [6.07, 6.45) is 1.62. The minimum atomic E-state index is -0.332. The van der Waals surface area contributed by atoms with E-state index in [-0.39, 0.29) is 5.91 Å². The molecule has 0 atom stereocenters. The molecule has 0 spiro atoms. The van der Waals surface area contributed by atoms with Crippen LogP contribution in [-0.2, 0) is 6.54 Å². The summed E-state index contributed by atoms with van der Waals surface area (Å²) in [7, 11) is 1.50. The quantitative estimate of drug-likeness (QED) is 0.591. The molecule has 1 N–H and O–H groups in total. The number of benzene rings is 2. The van der Waals surface area contributed by atoms with Gasteiger partial charge in [-0.15, -0.1) is 0 Å². The van der Waals surface area contributed by atoms with Crippen molar-refractivity contribution in [1.29, 1.82) is 0 Å². The van der Waals surface area contributed by atoms with E-state index in [1.807, 2.05) is 31.2 Å². The van der Waals surface area contributed by atoms with E-state index in [2.05, 4.69) is 10.4 Å². The van der Waals surface area contributed by atoms with Crippen molar-refractivity contribution in [3.63, 3.8) is 0 Å². The summed E-state index contributed by atoms with van der Waals surface area (Å²) in [6.45, 7) is 2.77. The molecular weight excluding hydrogens is 401 g/mol. The maximum absolute atomic E-state index is 12.7. The molecule has 1 heterocycles. The standard InChI is InChI=1S/C20H19Cl2N3O3/c1-3-28-19-16(22)10-14(11-17(19)27-2)20(26)24-18-8-9-23-25(18)12-13-4-6-15(21)7-5-13/h4-11H,3,12H2,1-2H3,(H,24,26). The maximum atomic E-state index is 12.7. The van der Waals surface area contributed by atoms with E-state index in [0.29, 0.717) is 46.1 Å². The lowest BCUT2D eigenvalue weighted by atomic mass is 10.2. The van der Waals surface area contributed by atoms with Gasteiger partial charge in [-0.1, -0.05) is 35.3 Å². The number of ether oxygens (including phenoxy) is 2. The zero-order valence-electron chi connectivity index (χ0n) is 15.4. The van der Waals surface area contributed by atoms with E-state index in [0.717, 1.165) is 5.56 Å². The van der Waals surface area contributed by atoms with Crippen LogP contribution < -0.4 is 14.8 Å². The van der Waals surface area contributed by atoms with Crippen LogP contribution in [-0.4, -0.2) is 29.4 Å².